The van der Waals surface area contributed by atoms with Crippen molar-refractivity contribution in [2.45, 2.75) is 45.4 Å². The van der Waals surface area contributed by atoms with Crippen molar-refractivity contribution in [2.24, 2.45) is 0 Å². The van der Waals surface area contributed by atoms with Gasteiger partial charge in [0.2, 0.25) is 5.91 Å². The van der Waals surface area contributed by atoms with Crippen molar-refractivity contribution < 1.29 is 13.2 Å². The molecule has 0 spiro atoms. The molecule has 1 heterocycles. The van der Waals surface area contributed by atoms with E-state index in [9.17, 15) is 13.2 Å². The molecule has 0 aliphatic heterocycles. The molecule has 0 atom stereocenters. The van der Waals surface area contributed by atoms with Crippen LogP contribution in [0.4, 0.5) is 5.13 Å². The number of aromatic nitrogens is 1. The van der Waals surface area contributed by atoms with E-state index in [2.05, 4.69) is 44.7 Å². The highest BCUT2D eigenvalue weighted by molar-refractivity contribution is 7.91. The summed E-state index contributed by atoms with van der Waals surface area (Å²) in [5.74, 6) is -0.200. The lowest BCUT2D eigenvalue weighted by atomic mass is 10.1. The number of aryl methyl sites for hydroxylation is 2. The number of rotatable bonds is 11. The molecule has 0 unspecified atom stereocenters. The fourth-order valence-corrected chi connectivity index (χ4v) is 6.23. The molecule has 1 amide bonds. The van der Waals surface area contributed by atoms with E-state index in [0.29, 0.717) is 16.7 Å². The minimum atomic E-state index is -3.48. The van der Waals surface area contributed by atoms with Gasteiger partial charge in [-0.05, 0) is 80.9 Å². The Labute approximate surface area is 211 Å². The number of hydrogen-bond donors (Lipinski definition) is 0. The zero-order chi connectivity index (χ0) is 24.9. The average Bonchev–Trinajstić information content (AvgIpc) is 3.19. The van der Waals surface area contributed by atoms with Crippen molar-refractivity contribution in [1.29, 1.82) is 0 Å². The second kappa shape index (κ2) is 11.6. The maximum absolute atomic E-state index is 13.3. The molecule has 3 aromatic rings. The third-order valence-electron chi connectivity index (χ3n) is 6.04. The highest BCUT2D eigenvalue weighted by atomic mass is 35.5. The third kappa shape index (κ3) is 6.56. The number of halogens is 1. The monoisotopic (exact) mass is 521 g/mol. The van der Waals surface area contributed by atoms with Crippen LogP contribution in [-0.2, 0) is 14.6 Å². The minimum Gasteiger partial charge on any atom is -0.302 e. The fraction of sp³-hybridized carbons (Fsp3) is 0.440. The average molecular weight is 522 g/mol. The van der Waals surface area contributed by atoms with Crippen LogP contribution in [0, 0.1) is 13.8 Å². The van der Waals surface area contributed by atoms with Crippen molar-refractivity contribution >= 4 is 54.0 Å². The van der Waals surface area contributed by atoms with Gasteiger partial charge in [-0.15, -0.1) is 0 Å². The Morgan fingerprint density at radius 1 is 1.03 bits per heavy atom. The first kappa shape index (κ1) is 26.6. The molecule has 6 nitrogen and oxygen atoms in total. The highest BCUT2D eigenvalue weighted by Gasteiger charge is 2.22. The van der Waals surface area contributed by atoms with E-state index >= 15 is 0 Å². The molecular weight excluding hydrogens is 490 g/mol. The maximum atomic E-state index is 13.3. The summed E-state index contributed by atoms with van der Waals surface area (Å²) in [6.45, 7) is 11.4. The maximum Gasteiger partial charge on any atom is 0.228 e. The molecule has 0 radical (unpaired) electrons. The lowest BCUT2D eigenvalue weighted by Gasteiger charge is -2.24. The molecular formula is C25H32ClN3O3S2. The number of nitrogens with zero attached hydrogens (tertiary/aromatic N) is 3. The quantitative estimate of drug-likeness (QED) is 0.333. The Hall–Kier alpha value is -2.00. The summed E-state index contributed by atoms with van der Waals surface area (Å²) in [6.07, 6.45) is 0.383. The first-order valence-corrected chi connectivity index (χ1v) is 14.4. The van der Waals surface area contributed by atoms with Crippen LogP contribution in [0.25, 0.3) is 10.2 Å². The number of benzene rings is 2. The van der Waals surface area contributed by atoms with Crippen LogP contribution < -0.4 is 4.90 Å². The summed E-state index contributed by atoms with van der Waals surface area (Å²) >= 11 is 7.37. The van der Waals surface area contributed by atoms with E-state index < -0.39 is 9.84 Å². The first-order chi connectivity index (χ1) is 16.1. The van der Waals surface area contributed by atoms with Gasteiger partial charge in [-0.2, -0.15) is 0 Å². The lowest BCUT2D eigenvalue weighted by molar-refractivity contribution is -0.118. The van der Waals surface area contributed by atoms with Crippen molar-refractivity contribution in [3.05, 3.63) is 52.5 Å². The van der Waals surface area contributed by atoms with Crippen LogP contribution in [0.1, 0.15) is 37.8 Å². The number of sulfone groups is 1. The summed E-state index contributed by atoms with van der Waals surface area (Å²) in [4.78, 5) is 22.2. The van der Waals surface area contributed by atoms with Gasteiger partial charge in [-0.25, -0.2) is 13.4 Å². The summed E-state index contributed by atoms with van der Waals surface area (Å²) < 4.78 is 26.4. The van der Waals surface area contributed by atoms with Gasteiger partial charge in [0, 0.05) is 24.5 Å². The van der Waals surface area contributed by atoms with Crippen LogP contribution >= 0.6 is 22.9 Å². The largest absolute Gasteiger partial charge is 0.302 e. The number of carbonyl (C=O) groups is 1. The predicted molar refractivity (Wildman–Crippen MR) is 142 cm³/mol. The summed E-state index contributed by atoms with van der Waals surface area (Å²) in [5.41, 5.74) is 3.24. The molecule has 0 N–H and O–H groups in total. The Morgan fingerprint density at radius 2 is 1.68 bits per heavy atom. The minimum absolute atomic E-state index is 0.0948. The predicted octanol–water partition coefficient (Wildman–Crippen LogP) is 5.50. The zero-order valence-electron chi connectivity index (χ0n) is 20.2. The van der Waals surface area contributed by atoms with E-state index in [-0.39, 0.29) is 29.4 Å². The van der Waals surface area contributed by atoms with E-state index in [0.717, 1.165) is 35.4 Å². The highest BCUT2D eigenvalue weighted by Crippen LogP contribution is 2.31. The van der Waals surface area contributed by atoms with Gasteiger partial charge in [0.05, 0.1) is 20.9 Å². The van der Waals surface area contributed by atoms with Crippen LogP contribution in [0.5, 0.6) is 0 Å². The SMILES string of the molecule is CCN(CC)CCN(C(=O)CCCS(=O)(=O)c1ccc(Cl)cc1)c1nc2cc(C)c(C)cc2s1. The van der Waals surface area contributed by atoms with Gasteiger partial charge in [-0.3, -0.25) is 9.69 Å². The van der Waals surface area contributed by atoms with Crippen LogP contribution in [0.2, 0.25) is 5.02 Å². The van der Waals surface area contributed by atoms with Crippen LogP contribution in [-0.4, -0.2) is 56.1 Å². The van der Waals surface area contributed by atoms with Crippen LogP contribution in [0.15, 0.2) is 41.3 Å². The van der Waals surface area contributed by atoms with Crippen molar-refractivity contribution in [2.75, 3.05) is 36.8 Å². The number of anilines is 1. The van der Waals surface area contributed by atoms with Crippen molar-refractivity contribution in [1.82, 2.24) is 9.88 Å². The summed E-state index contributed by atoms with van der Waals surface area (Å²) in [7, 11) is -3.48. The smallest absolute Gasteiger partial charge is 0.228 e. The van der Waals surface area contributed by atoms with E-state index in [4.69, 9.17) is 16.6 Å². The third-order valence-corrected chi connectivity index (χ3v) is 9.14. The van der Waals surface area contributed by atoms with E-state index in [1.807, 2.05) is 0 Å². The second-order valence-corrected chi connectivity index (χ2v) is 11.9. The normalized spacial score (nSPS) is 11.9. The van der Waals surface area contributed by atoms with Crippen molar-refractivity contribution in [3.63, 3.8) is 0 Å². The molecule has 9 heteroatoms. The van der Waals surface area contributed by atoms with Gasteiger partial charge in [0.25, 0.3) is 0 Å². The fourth-order valence-electron chi connectivity index (χ4n) is 3.70. The van der Waals surface area contributed by atoms with Crippen molar-refractivity contribution in [3.8, 4) is 0 Å². The Balaban J connectivity index is 1.76. The summed E-state index contributed by atoms with van der Waals surface area (Å²) in [5, 5.41) is 1.15. The molecule has 3 rings (SSSR count). The molecule has 184 valence electrons. The van der Waals surface area contributed by atoms with Gasteiger partial charge in [0.1, 0.15) is 0 Å². The topological polar surface area (TPSA) is 70.6 Å². The van der Waals surface area contributed by atoms with E-state index in [1.54, 1.807) is 17.0 Å². The standard InChI is InChI=1S/C25H32ClN3O3S2/c1-5-28(6-2)13-14-29(25-27-22-16-18(3)19(4)17-23(22)33-25)24(30)8-7-15-34(31,32)21-11-9-20(26)10-12-21/h9-12,16-17H,5-8,13-15H2,1-4H3. The number of fused-ring (bicyclic) bond motifs is 1. The molecule has 0 aliphatic carbocycles. The number of thiazole rings is 1. The van der Waals surface area contributed by atoms with Crippen LogP contribution in [0.3, 0.4) is 0 Å². The van der Waals surface area contributed by atoms with Gasteiger partial charge < -0.3 is 4.90 Å². The number of amides is 1. The first-order valence-electron chi connectivity index (χ1n) is 11.5. The number of likely N-dealkylation sites (N-methyl/N-ethyl adjacent to an activating group) is 1. The van der Waals surface area contributed by atoms with Gasteiger partial charge in [0.15, 0.2) is 15.0 Å². The molecule has 0 saturated heterocycles. The molecule has 0 aliphatic rings. The van der Waals surface area contributed by atoms with Gasteiger partial charge >= 0.3 is 0 Å². The molecule has 34 heavy (non-hydrogen) atoms. The zero-order valence-corrected chi connectivity index (χ0v) is 22.6. The molecule has 0 bridgehead atoms. The molecule has 0 saturated carbocycles. The second-order valence-electron chi connectivity index (χ2n) is 8.35. The molecule has 0 fully saturated rings. The van der Waals surface area contributed by atoms with Gasteiger partial charge in [-0.1, -0.05) is 36.8 Å². The Kier molecular flexibility index (Phi) is 9.09. The molecule has 1 aromatic heterocycles. The lowest BCUT2D eigenvalue weighted by Crippen LogP contribution is -2.38. The summed E-state index contributed by atoms with van der Waals surface area (Å²) in [6, 6.07) is 10.3. The molecule has 2 aromatic carbocycles. The number of hydrogen-bond acceptors (Lipinski definition) is 6. The van der Waals surface area contributed by atoms with E-state index in [1.165, 1.54) is 29.0 Å². The number of carbonyl (C=O) groups excluding carboxylic acids is 1. The Bertz CT molecular complexity index is 1200. The Morgan fingerprint density at radius 3 is 2.32 bits per heavy atom.